The highest BCUT2D eigenvalue weighted by atomic mass is 32.2. The van der Waals surface area contributed by atoms with Gasteiger partial charge in [-0.05, 0) is 49.9 Å². The number of nitrogens with one attached hydrogen (secondary N) is 1. The minimum atomic E-state index is -3.58. The van der Waals surface area contributed by atoms with Crippen molar-refractivity contribution in [3.05, 3.63) is 58.7 Å². The summed E-state index contributed by atoms with van der Waals surface area (Å²) in [6, 6.07) is 11.4. The number of sulfonamides is 1. The van der Waals surface area contributed by atoms with Crippen LogP contribution >= 0.6 is 0 Å². The summed E-state index contributed by atoms with van der Waals surface area (Å²) in [5.74, 6) is 0. The lowest BCUT2D eigenvalue weighted by Crippen LogP contribution is -2.17. The number of anilines is 1. The molecule has 0 bridgehead atoms. The van der Waals surface area contributed by atoms with E-state index in [0.29, 0.717) is 10.6 Å². The van der Waals surface area contributed by atoms with Gasteiger partial charge in [0, 0.05) is 0 Å². The van der Waals surface area contributed by atoms with E-state index in [1.807, 2.05) is 57.2 Å². The Hall–Kier alpha value is -1.81. The molecular weight excluding hydrogens is 294 g/mol. The molecule has 0 heterocycles. The number of para-hydroxylation sites is 1. The molecular formula is C18H23NO2S. The molecule has 22 heavy (non-hydrogen) atoms. The molecule has 0 saturated carbocycles. The molecule has 0 atom stereocenters. The lowest BCUT2D eigenvalue weighted by molar-refractivity contribution is 0.600. The first kappa shape index (κ1) is 16.6. The van der Waals surface area contributed by atoms with E-state index in [1.165, 1.54) is 0 Å². The third kappa shape index (κ3) is 3.50. The summed E-state index contributed by atoms with van der Waals surface area (Å²) in [4.78, 5) is 0.379. The van der Waals surface area contributed by atoms with E-state index in [-0.39, 0.29) is 0 Å². The summed E-state index contributed by atoms with van der Waals surface area (Å²) in [5.41, 5.74) is 4.32. The van der Waals surface area contributed by atoms with E-state index < -0.39 is 10.0 Å². The lowest BCUT2D eigenvalue weighted by atomic mass is 10.1. The van der Waals surface area contributed by atoms with Crippen molar-refractivity contribution in [3.8, 4) is 0 Å². The Morgan fingerprint density at radius 2 is 1.59 bits per heavy atom. The van der Waals surface area contributed by atoms with Crippen LogP contribution in [-0.2, 0) is 16.4 Å². The van der Waals surface area contributed by atoms with E-state index in [1.54, 1.807) is 0 Å². The minimum absolute atomic E-state index is 0.379. The van der Waals surface area contributed by atoms with E-state index in [0.717, 1.165) is 35.1 Å². The zero-order valence-corrected chi connectivity index (χ0v) is 14.4. The zero-order chi connectivity index (χ0) is 16.3. The number of rotatable bonds is 5. The van der Waals surface area contributed by atoms with Crippen molar-refractivity contribution in [2.24, 2.45) is 0 Å². The number of hydrogen-bond acceptors (Lipinski definition) is 2. The summed E-state index contributed by atoms with van der Waals surface area (Å²) in [6.07, 6.45) is 1.83. The fourth-order valence-corrected chi connectivity index (χ4v) is 4.45. The minimum Gasteiger partial charge on any atom is -0.279 e. The van der Waals surface area contributed by atoms with Crippen LogP contribution in [0.5, 0.6) is 0 Å². The predicted molar refractivity (Wildman–Crippen MR) is 91.9 cm³/mol. The molecule has 0 aliphatic rings. The molecule has 1 N–H and O–H groups in total. The van der Waals surface area contributed by atoms with Crippen molar-refractivity contribution in [1.29, 1.82) is 0 Å². The Morgan fingerprint density at radius 1 is 1.00 bits per heavy atom. The Bertz CT molecular complexity index is 756. The summed E-state index contributed by atoms with van der Waals surface area (Å²) in [6.45, 7) is 7.74. The monoisotopic (exact) mass is 317 g/mol. The smallest absolute Gasteiger partial charge is 0.262 e. The lowest BCUT2D eigenvalue weighted by Gasteiger charge is -2.16. The maximum Gasteiger partial charge on any atom is 0.262 e. The van der Waals surface area contributed by atoms with Gasteiger partial charge < -0.3 is 0 Å². The summed E-state index contributed by atoms with van der Waals surface area (Å²) < 4.78 is 28.4. The molecule has 0 amide bonds. The standard InChI is InChI=1S/C18H23NO2S/c1-5-8-16-9-6-7-10-17(16)19-22(20,21)18-14(3)11-13(2)12-15(18)4/h6-7,9-12,19H,5,8H2,1-4H3. The second kappa shape index (κ2) is 6.53. The van der Waals surface area contributed by atoms with Crippen LogP contribution in [0.3, 0.4) is 0 Å². The summed E-state index contributed by atoms with van der Waals surface area (Å²) in [7, 11) is -3.58. The molecule has 0 aliphatic heterocycles. The average Bonchev–Trinajstić information content (AvgIpc) is 2.39. The highest BCUT2D eigenvalue weighted by Crippen LogP contribution is 2.26. The Labute approximate surface area is 133 Å². The third-order valence-electron chi connectivity index (χ3n) is 3.65. The van der Waals surface area contributed by atoms with Crippen molar-refractivity contribution in [1.82, 2.24) is 0 Å². The molecule has 0 spiro atoms. The van der Waals surface area contributed by atoms with Gasteiger partial charge in [-0.15, -0.1) is 0 Å². The highest BCUT2D eigenvalue weighted by Gasteiger charge is 2.20. The number of aryl methyl sites for hydroxylation is 4. The summed E-state index contributed by atoms with van der Waals surface area (Å²) >= 11 is 0. The molecule has 0 radical (unpaired) electrons. The second-order valence-electron chi connectivity index (χ2n) is 5.74. The number of hydrogen-bond donors (Lipinski definition) is 1. The molecule has 118 valence electrons. The van der Waals surface area contributed by atoms with E-state index in [9.17, 15) is 8.42 Å². The van der Waals surface area contributed by atoms with Crippen LogP contribution in [0.15, 0.2) is 41.3 Å². The molecule has 2 rings (SSSR count). The molecule has 4 heteroatoms. The van der Waals surface area contributed by atoms with Crippen LogP contribution in [0, 0.1) is 20.8 Å². The van der Waals surface area contributed by atoms with Gasteiger partial charge >= 0.3 is 0 Å². The zero-order valence-electron chi connectivity index (χ0n) is 13.6. The SMILES string of the molecule is CCCc1ccccc1NS(=O)(=O)c1c(C)cc(C)cc1C. The van der Waals surface area contributed by atoms with Gasteiger partial charge in [0.15, 0.2) is 0 Å². The van der Waals surface area contributed by atoms with Crippen molar-refractivity contribution in [3.63, 3.8) is 0 Å². The van der Waals surface area contributed by atoms with E-state index in [2.05, 4.69) is 11.6 Å². The molecule has 0 aromatic heterocycles. The molecule has 0 aliphatic carbocycles. The quantitative estimate of drug-likeness (QED) is 0.890. The van der Waals surface area contributed by atoms with Gasteiger partial charge in [0.1, 0.15) is 0 Å². The van der Waals surface area contributed by atoms with Crippen LogP contribution in [0.4, 0.5) is 5.69 Å². The molecule has 3 nitrogen and oxygen atoms in total. The van der Waals surface area contributed by atoms with Crippen molar-refractivity contribution in [2.45, 2.75) is 45.4 Å². The van der Waals surface area contributed by atoms with Gasteiger partial charge in [-0.25, -0.2) is 8.42 Å². The molecule has 0 unspecified atom stereocenters. The third-order valence-corrected chi connectivity index (χ3v) is 5.32. The van der Waals surface area contributed by atoms with Gasteiger partial charge in [-0.2, -0.15) is 0 Å². The Morgan fingerprint density at radius 3 is 2.18 bits per heavy atom. The van der Waals surface area contributed by atoms with Crippen LogP contribution in [-0.4, -0.2) is 8.42 Å². The second-order valence-corrected chi connectivity index (χ2v) is 7.36. The Balaban J connectivity index is 2.45. The first-order valence-electron chi connectivity index (χ1n) is 7.53. The van der Waals surface area contributed by atoms with Gasteiger partial charge in [0.05, 0.1) is 10.6 Å². The first-order valence-corrected chi connectivity index (χ1v) is 9.02. The maximum absolute atomic E-state index is 12.8. The van der Waals surface area contributed by atoms with E-state index >= 15 is 0 Å². The van der Waals surface area contributed by atoms with Gasteiger partial charge in [-0.3, -0.25) is 4.72 Å². The van der Waals surface area contributed by atoms with Crippen molar-refractivity contribution < 1.29 is 8.42 Å². The van der Waals surface area contributed by atoms with Crippen LogP contribution in [0.25, 0.3) is 0 Å². The van der Waals surface area contributed by atoms with Crippen molar-refractivity contribution >= 4 is 15.7 Å². The van der Waals surface area contributed by atoms with Gasteiger partial charge in [-0.1, -0.05) is 49.2 Å². The molecule has 0 fully saturated rings. The molecule has 0 saturated heterocycles. The topological polar surface area (TPSA) is 46.2 Å². The first-order chi connectivity index (χ1) is 10.3. The van der Waals surface area contributed by atoms with Gasteiger partial charge in [0.25, 0.3) is 10.0 Å². The number of benzene rings is 2. The van der Waals surface area contributed by atoms with Crippen LogP contribution in [0.2, 0.25) is 0 Å². The van der Waals surface area contributed by atoms with E-state index in [4.69, 9.17) is 0 Å². The highest BCUT2D eigenvalue weighted by molar-refractivity contribution is 7.92. The largest absolute Gasteiger partial charge is 0.279 e. The summed E-state index contributed by atoms with van der Waals surface area (Å²) in [5, 5.41) is 0. The van der Waals surface area contributed by atoms with Crippen molar-refractivity contribution in [2.75, 3.05) is 4.72 Å². The average molecular weight is 317 g/mol. The predicted octanol–water partition coefficient (Wildman–Crippen LogP) is 4.37. The molecule has 2 aromatic rings. The van der Waals surface area contributed by atoms with Gasteiger partial charge in [0.2, 0.25) is 0 Å². The Kier molecular flexibility index (Phi) is 4.91. The van der Waals surface area contributed by atoms with Crippen LogP contribution in [0.1, 0.15) is 35.6 Å². The normalized spacial score (nSPS) is 11.5. The maximum atomic E-state index is 12.8. The van der Waals surface area contributed by atoms with Crippen LogP contribution < -0.4 is 4.72 Å². The molecule has 2 aromatic carbocycles. The fourth-order valence-electron chi connectivity index (χ4n) is 2.89. The fraction of sp³-hybridized carbons (Fsp3) is 0.333.